The number of benzene rings is 1. The van der Waals surface area contributed by atoms with Crippen LogP contribution in [0.4, 0.5) is 10.1 Å². The molecule has 6 nitrogen and oxygen atoms in total. The van der Waals surface area contributed by atoms with E-state index in [4.69, 9.17) is 4.74 Å². The molecule has 2 aromatic rings. The van der Waals surface area contributed by atoms with E-state index in [-0.39, 0.29) is 23.8 Å². The molecule has 1 heterocycles. The number of rotatable bonds is 7. The van der Waals surface area contributed by atoms with Crippen molar-refractivity contribution in [3.63, 3.8) is 0 Å². The van der Waals surface area contributed by atoms with E-state index in [9.17, 15) is 19.3 Å². The first kappa shape index (κ1) is 17.7. The normalized spacial score (nSPS) is 10.7. The fourth-order valence-electron chi connectivity index (χ4n) is 2.59. The maximum absolute atomic E-state index is 13.8. The lowest BCUT2D eigenvalue weighted by Crippen LogP contribution is -2.13. The van der Waals surface area contributed by atoms with Crippen LogP contribution in [-0.4, -0.2) is 21.9 Å². The fraction of sp³-hybridized carbons (Fsp3) is 0.353. The van der Waals surface area contributed by atoms with Crippen molar-refractivity contribution in [2.24, 2.45) is 0 Å². The number of Topliss-reactive ketones (excluding diaryl/α,β-unsaturated/α-hetero) is 1. The van der Waals surface area contributed by atoms with Gasteiger partial charge in [0.15, 0.2) is 18.2 Å². The lowest BCUT2D eigenvalue weighted by molar-refractivity contribution is -0.385. The molecule has 1 aromatic heterocycles. The maximum atomic E-state index is 13.8. The minimum atomic E-state index is -0.867. The largest absolute Gasteiger partial charge is 0.482 e. The van der Waals surface area contributed by atoms with Crippen molar-refractivity contribution >= 4 is 11.5 Å². The van der Waals surface area contributed by atoms with Gasteiger partial charge in [-0.2, -0.15) is 0 Å². The van der Waals surface area contributed by atoms with Crippen LogP contribution in [0.5, 0.6) is 5.75 Å². The summed E-state index contributed by atoms with van der Waals surface area (Å²) < 4.78 is 21.0. The summed E-state index contributed by atoms with van der Waals surface area (Å²) in [6, 6.07) is 4.85. The lowest BCUT2D eigenvalue weighted by atomic mass is 10.1. The summed E-state index contributed by atoms with van der Waals surface area (Å²) in [4.78, 5) is 22.2. The first-order valence-corrected chi connectivity index (χ1v) is 7.61. The Kier molecular flexibility index (Phi) is 5.33. The highest BCUT2D eigenvalue weighted by atomic mass is 19.1. The zero-order valence-corrected chi connectivity index (χ0v) is 13.8. The molecule has 0 saturated carbocycles. The van der Waals surface area contributed by atoms with Gasteiger partial charge in [0.1, 0.15) is 0 Å². The molecule has 0 aliphatic carbocycles. The molecule has 128 valence electrons. The molecule has 0 amide bonds. The number of hydrogen-bond donors (Lipinski definition) is 0. The highest BCUT2D eigenvalue weighted by molar-refractivity contribution is 5.98. The molecule has 0 bridgehead atoms. The molecule has 0 radical (unpaired) electrons. The zero-order valence-electron chi connectivity index (χ0n) is 13.8. The smallest absolute Gasteiger partial charge is 0.272 e. The summed E-state index contributed by atoms with van der Waals surface area (Å²) in [5.74, 6) is -1.31. The number of halogens is 1. The zero-order chi connectivity index (χ0) is 17.9. The second kappa shape index (κ2) is 7.25. The second-order valence-electron chi connectivity index (χ2n) is 5.52. The van der Waals surface area contributed by atoms with Crippen molar-refractivity contribution in [1.82, 2.24) is 4.57 Å². The minimum absolute atomic E-state index is 0.184. The average molecular weight is 334 g/mol. The Morgan fingerprint density at radius 1 is 1.33 bits per heavy atom. The number of carbonyl (C=O) groups is 1. The highest BCUT2D eigenvalue weighted by Gasteiger charge is 2.17. The van der Waals surface area contributed by atoms with Gasteiger partial charge in [-0.3, -0.25) is 14.9 Å². The predicted molar refractivity (Wildman–Crippen MR) is 87.1 cm³/mol. The molecule has 0 fully saturated rings. The number of aromatic nitrogens is 1. The van der Waals surface area contributed by atoms with Crippen molar-refractivity contribution in [3.8, 4) is 5.75 Å². The number of ketones is 1. The number of nitro benzene ring substituents is 1. The van der Waals surface area contributed by atoms with Crippen LogP contribution in [0.25, 0.3) is 0 Å². The van der Waals surface area contributed by atoms with Crippen LogP contribution in [0, 0.1) is 29.8 Å². The van der Waals surface area contributed by atoms with Crippen LogP contribution < -0.4 is 4.74 Å². The SMILES string of the molecule is CCCn1c(C)cc(C(=O)COc2ccc([N+](=O)[O-])cc2F)c1C. The van der Waals surface area contributed by atoms with E-state index in [0.29, 0.717) is 5.56 Å². The Bertz CT molecular complexity index is 783. The van der Waals surface area contributed by atoms with Gasteiger partial charge in [-0.1, -0.05) is 6.92 Å². The Morgan fingerprint density at radius 3 is 2.62 bits per heavy atom. The molecule has 0 aliphatic heterocycles. The number of carbonyl (C=O) groups excluding carboxylic acids is 1. The third kappa shape index (κ3) is 3.61. The molecule has 0 atom stereocenters. The fourth-order valence-corrected chi connectivity index (χ4v) is 2.59. The van der Waals surface area contributed by atoms with Gasteiger partial charge in [0, 0.05) is 29.6 Å². The number of aryl methyl sites for hydroxylation is 1. The standard InChI is InChI=1S/C17H19FN2O4/c1-4-7-19-11(2)8-14(12(19)3)16(21)10-24-17-6-5-13(20(22)23)9-15(17)18/h5-6,8-9H,4,7,10H2,1-3H3. The average Bonchev–Trinajstić information content (AvgIpc) is 2.82. The predicted octanol–water partition coefficient (Wildman–Crippen LogP) is 3.82. The molecule has 2 rings (SSSR count). The third-order valence-corrected chi connectivity index (χ3v) is 3.81. The van der Waals surface area contributed by atoms with E-state index in [1.54, 1.807) is 6.07 Å². The van der Waals surface area contributed by atoms with Gasteiger partial charge in [0.2, 0.25) is 5.78 Å². The van der Waals surface area contributed by atoms with Crippen LogP contribution in [-0.2, 0) is 6.54 Å². The van der Waals surface area contributed by atoms with Crippen molar-refractivity contribution in [2.75, 3.05) is 6.61 Å². The second-order valence-corrected chi connectivity index (χ2v) is 5.52. The summed E-state index contributed by atoms with van der Waals surface area (Å²) in [5, 5.41) is 10.6. The Labute approximate surface area is 139 Å². The summed E-state index contributed by atoms with van der Waals surface area (Å²) in [5.41, 5.74) is 2.02. The Hall–Kier alpha value is -2.70. The van der Waals surface area contributed by atoms with Crippen molar-refractivity contribution < 1.29 is 18.8 Å². The monoisotopic (exact) mass is 334 g/mol. The lowest BCUT2D eigenvalue weighted by Gasteiger charge is -2.08. The van der Waals surface area contributed by atoms with Gasteiger partial charge < -0.3 is 9.30 Å². The van der Waals surface area contributed by atoms with Gasteiger partial charge in [-0.15, -0.1) is 0 Å². The number of ether oxygens (including phenoxy) is 1. The number of nitro groups is 1. The summed E-state index contributed by atoms with van der Waals surface area (Å²) in [7, 11) is 0. The van der Waals surface area contributed by atoms with E-state index in [0.717, 1.165) is 42.6 Å². The molecule has 0 unspecified atom stereocenters. The quantitative estimate of drug-likeness (QED) is 0.438. The summed E-state index contributed by atoms with van der Waals surface area (Å²) >= 11 is 0. The molecule has 1 aromatic carbocycles. The first-order chi connectivity index (χ1) is 11.3. The van der Waals surface area contributed by atoms with E-state index < -0.39 is 10.7 Å². The van der Waals surface area contributed by atoms with E-state index in [1.807, 2.05) is 13.8 Å². The minimum Gasteiger partial charge on any atom is -0.482 e. The Morgan fingerprint density at radius 2 is 2.04 bits per heavy atom. The molecule has 0 aliphatic rings. The highest BCUT2D eigenvalue weighted by Crippen LogP contribution is 2.23. The molecule has 0 saturated heterocycles. The maximum Gasteiger partial charge on any atom is 0.272 e. The first-order valence-electron chi connectivity index (χ1n) is 7.61. The molecular formula is C17H19FN2O4. The van der Waals surface area contributed by atoms with Crippen LogP contribution >= 0.6 is 0 Å². The van der Waals surface area contributed by atoms with Gasteiger partial charge >= 0.3 is 0 Å². The molecule has 0 N–H and O–H groups in total. The Balaban J connectivity index is 2.11. The molecule has 7 heteroatoms. The number of nitrogens with zero attached hydrogens (tertiary/aromatic N) is 2. The van der Waals surface area contributed by atoms with Gasteiger partial charge in [-0.25, -0.2) is 4.39 Å². The van der Waals surface area contributed by atoms with Gasteiger partial charge in [0.25, 0.3) is 5.69 Å². The molecule has 24 heavy (non-hydrogen) atoms. The topological polar surface area (TPSA) is 74.4 Å². The van der Waals surface area contributed by atoms with Crippen LogP contribution in [0.1, 0.15) is 35.1 Å². The third-order valence-electron chi connectivity index (χ3n) is 3.81. The number of non-ortho nitro benzene ring substituents is 1. The van der Waals surface area contributed by atoms with Crippen LogP contribution in [0.3, 0.4) is 0 Å². The summed E-state index contributed by atoms with van der Waals surface area (Å²) in [6.07, 6.45) is 0.953. The van der Waals surface area contributed by atoms with Gasteiger partial charge in [-0.05, 0) is 32.4 Å². The van der Waals surface area contributed by atoms with Crippen LogP contribution in [0.2, 0.25) is 0 Å². The van der Waals surface area contributed by atoms with Crippen molar-refractivity contribution in [3.05, 3.63) is 57.1 Å². The van der Waals surface area contributed by atoms with Gasteiger partial charge in [0.05, 0.1) is 11.0 Å². The number of hydrogen-bond acceptors (Lipinski definition) is 4. The summed E-state index contributed by atoms with van der Waals surface area (Å²) in [6.45, 7) is 6.34. The van der Waals surface area contributed by atoms with E-state index >= 15 is 0 Å². The van der Waals surface area contributed by atoms with E-state index in [2.05, 4.69) is 11.5 Å². The molecule has 0 spiro atoms. The van der Waals surface area contributed by atoms with Crippen molar-refractivity contribution in [1.29, 1.82) is 0 Å². The van der Waals surface area contributed by atoms with E-state index in [1.165, 1.54) is 0 Å². The van der Waals surface area contributed by atoms with Crippen LogP contribution in [0.15, 0.2) is 24.3 Å². The van der Waals surface area contributed by atoms with Crippen molar-refractivity contribution in [2.45, 2.75) is 33.7 Å². The molecular weight excluding hydrogens is 315 g/mol.